The number of hydrogen-bond acceptors (Lipinski definition) is 7. The van der Waals surface area contributed by atoms with E-state index in [9.17, 15) is 14.4 Å². The summed E-state index contributed by atoms with van der Waals surface area (Å²) in [7, 11) is 0. The number of carbonyl (C=O) groups is 3. The van der Waals surface area contributed by atoms with E-state index in [4.69, 9.17) is 18.9 Å². The lowest BCUT2D eigenvalue weighted by Gasteiger charge is -2.19. The third-order valence-corrected chi connectivity index (χ3v) is 3.98. The van der Waals surface area contributed by atoms with Crippen LogP contribution in [0.2, 0.25) is 0 Å². The molecule has 8 nitrogen and oxygen atoms in total. The number of unbranched alkanes of at least 4 members (excludes halogenated alkanes) is 3. The van der Waals surface area contributed by atoms with Gasteiger partial charge in [0.25, 0.3) is 0 Å². The van der Waals surface area contributed by atoms with Crippen LogP contribution in [0.25, 0.3) is 0 Å². The maximum absolute atomic E-state index is 12.1. The zero-order chi connectivity index (χ0) is 24.0. The number of carbonyl (C=O) groups excluding carboxylic acids is 3. The fourth-order valence-electron chi connectivity index (χ4n) is 2.42. The summed E-state index contributed by atoms with van der Waals surface area (Å²) in [6.07, 6.45) is 3.04. The lowest BCUT2D eigenvalue weighted by Crippen LogP contribution is -2.34. The van der Waals surface area contributed by atoms with Crippen molar-refractivity contribution in [1.82, 2.24) is 5.32 Å². The Balaban J connectivity index is 2.15. The zero-order valence-electron chi connectivity index (χ0n) is 19.5. The summed E-state index contributed by atoms with van der Waals surface area (Å²) in [5, 5.41) is 2.53. The minimum atomic E-state index is -0.578. The first-order chi connectivity index (χ1) is 15.1. The molecule has 1 rings (SSSR count). The van der Waals surface area contributed by atoms with Gasteiger partial charge in [0.2, 0.25) is 0 Å². The summed E-state index contributed by atoms with van der Waals surface area (Å²) in [6.45, 7) is 11.6. The van der Waals surface area contributed by atoms with Gasteiger partial charge in [0.15, 0.2) is 0 Å². The second-order valence-corrected chi connectivity index (χ2v) is 8.27. The third kappa shape index (κ3) is 12.6. The second-order valence-electron chi connectivity index (χ2n) is 8.27. The van der Waals surface area contributed by atoms with E-state index in [0.29, 0.717) is 30.1 Å². The van der Waals surface area contributed by atoms with E-state index >= 15 is 0 Å². The normalized spacial score (nSPS) is 10.8. The molecule has 1 N–H and O–H groups in total. The van der Waals surface area contributed by atoms with E-state index in [1.54, 1.807) is 52.0 Å². The fourth-order valence-corrected chi connectivity index (χ4v) is 2.42. The van der Waals surface area contributed by atoms with E-state index in [0.717, 1.165) is 25.7 Å². The summed E-state index contributed by atoms with van der Waals surface area (Å²) in [6, 6.07) is 6.70. The summed E-state index contributed by atoms with van der Waals surface area (Å²) in [5.74, 6) is -0.156. The molecule has 1 aromatic rings. The van der Waals surface area contributed by atoms with Crippen molar-refractivity contribution in [3.63, 3.8) is 0 Å². The molecule has 1 amide bonds. The van der Waals surface area contributed by atoms with E-state index in [1.165, 1.54) is 0 Å². The average Bonchev–Trinajstić information content (AvgIpc) is 2.71. The van der Waals surface area contributed by atoms with Gasteiger partial charge in [-0.25, -0.2) is 14.4 Å². The molecule has 0 spiro atoms. The van der Waals surface area contributed by atoms with Gasteiger partial charge in [0.1, 0.15) is 18.0 Å². The topological polar surface area (TPSA) is 100 Å². The lowest BCUT2D eigenvalue weighted by molar-refractivity contribution is -0.139. The molecule has 0 fully saturated rings. The largest absolute Gasteiger partial charge is 0.494 e. The van der Waals surface area contributed by atoms with Crippen molar-refractivity contribution in [2.45, 2.75) is 59.0 Å². The van der Waals surface area contributed by atoms with Gasteiger partial charge < -0.3 is 24.3 Å². The Kier molecular flexibility index (Phi) is 11.9. The first-order valence-electron chi connectivity index (χ1n) is 10.8. The van der Waals surface area contributed by atoms with Gasteiger partial charge in [-0.1, -0.05) is 6.58 Å². The van der Waals surface area contributed by atoms with Crippen LogP contribution in [0.1, 0.15) is 63.7 Å². The van der Waals surface area contributed by atoms with E-state index in [1.807, 2.05) is 0 Å². The van der Waals surface area contributed by atoms with Gasteiger partial charge in [-0.3, -0.25) is 0 Å². The van der Waals surface area contributed by atoms with Crippen molar-refractivity contribution in [2.75, 3.05) is 26.4 Å². The molecule has 0 heterocycles. The minimum Gasteiger partial charge on any atom is -0.494 e. The van der Waals surface area contributed by atoms with Gasteiger partial charge >= 0.3 is 18.0 Å². The van der Waals surface area contributed by atoms with Crippen LogP contribution in [0.5, 0.6) is 5.75 Å². The Morgan fingerprint density at radius 2 is 1.53 bits per heavy atom. The van der Waals surface area contributed by atoms with Crippen molar-refractivity contribution in [1.29, 1.82) is 0 Å². The molecule has 0 saturated heterocycles. The third-order valence-electron chi connectivity index (χ3n) is 3.98. The molecule has 0 atom stereocenters. The van der Waals surface area contributed by atoms with Crippen LogP contribution in [0.15, 0.2) is 36.4 Å². The predicted molar refractivity (Wildman–Crippen MR) is 121 cm³/mol. The number of ether oxygens (including phenoxy) is 4. The minimum absolute atomic E-state index is 0.0444. The van der Waals surface area contributed by atoms with E-state index in [2.05, 4.69) is 11.9 Å². The molecule has 0 radical (unpaired) electrons. The molecule has 178 valence electrons. The number of hydrogen-bond donors (Lipinski definition) is 1. The number of benzene rings is 1. The Hall–Kier alpha value is -3.03. The van der Waals surface area contributed by atoms with E-state index in [-0.39, 0.29) is 19.1 Å². The molecular formula is C24H35NO7. The van der Waals surface area contributed by atoms with Crippen LogP contribution in [-0.4, -0.2) is 50.0 Å². The standard InChI is InChI=1S/C24H35NO7/c1-18(2)21(26)30-16-9-7-6-8-15-29-20-12-10-19(11-13-20)22(27)31-17-14-25-23(28)32-24(3,4)5/h10-13H,1,6-9,14-17H2,2-5H3,(H,25,28). The smallest absolute Gasteiger partial charge is 0.407 e. The molecule has 0 unspecified atom stereocenters. The Morgan fingerprint density at radius 1 is 0.906 bits per heavy atom. The maximum atomic E-state index is 12.1. The molecule has 0 aliphatic rings. The molecule has 0 saturated carbocycles. The molecule has 8 heteroatoms. The lowest BCUT2D eigenvalue weighted by atomic mass is 10.2. The molecule has 0 aliphatic heterocycles. The molecule has 1 aromatic carbocycles. The fraction of sp³-hybridized carbons (Fsp3) is 0.542. The van der Waals surface area contributed by atoms with Gasteiger partial charge in [-0.2, -0.15) is 0 Å². The number of amides is 1. The zero-order valence-corrected chi connectivity index (χ0v) is 19.5. The summed E-state index contributed by atoms with van der Waals surface area (Å²) in [5.41, 5.74) is 0.234. The average molecular weight is 450 g/mol. The maximum Gasteiger partial charge on any atom is 0.407 e. The Labute approximate surface area is 190 Å². The molecular weight excluding hydrogens is 414 g/mol. The van der Waals surface area contributed by atoms with Crippen molar-refractivity contribution >= 4 is 18.0 Å². The number of alkyl carbamates (subject to hydrolysis) is 1. The van der Waals surface area contributed by atoms with Gasteiger partial charge in [0, 0.05) is 5.57 Å². The highest BCUT2D eigenvalue weighted by molar-refractivity contribution is 5.89. The SMILES string of the molecule is C=C(C)C(=O)OCCCCCCOc1ccc(C(=O)OCCNC(=O)OC(C)(C)C)cc1. The summed E-state index contributed by atoms with van der Waals surface area (Å²) >= 11 is 0. The van der Waals surface area contributed by atoms with Crippen molar-refractivity contribution in [3.05, 3.63) is 42.0 Å². The van der Waals surface area contributed by atoms with E-state index < -0.39 is 17.7 Å². The van der Waals surface area contributed by atoms with Crippen LogP contribution in [-0.2, 0) is 19.0 Å². The van der Waals surface area contributed by atoms with Gasteiger partial charge in [0.05, 0.1) is 25.3 Å². The van der Waals surface area contributed by atoms with Crippen LogP contribution in [0.4, 0.5) is 4.79 Å². The predicted octanol–water partition coefficient (Wildman–Crippen LogP) is 4.43. The van der Waals surface area contributed by atoms with Gasteiger partial charge in [-0.15, -0.1) is 0 Å². The van der Waals surface area contributed by atoms with Crippen LogP contribution < -0.4 is 10.1 Å². The summed E-state index contributed by atoms with van der Waals surface area (Å²) < 4.78 is 20.9. The number of nitrogens with one attached hydrogen (secondary N) is 1. The highest BCUT2D eigenvalue weighted by Gasteiger charge is 2.15. The second kappa shape index (κ2) is 14.1. The van der Waals surface area contributed by atoms with Crippen molar-refractivity contribution in [3.8, 4) is 5.75 Å². The quantitative estimate of drug-likeness (QED) is 0.206. The highest BCUT2D eigenvalue weighted by atomic mass is 16.6. The van der Waals surface area contributed by atoms with Crippen LogP contribution in [0, 0.1) is 0 Å². The molecule has 32 heavy (non-hydrogen) atoms. The van der Waals surface area contributed by atoms with Crippen LogP contribution >= 0.6 is 0 Å². The summed E-state index contributed by atoms with van der Waals surface area (Å²) in [4.78, 5) is 34.8. The van der Waals surface area contributed by atoms with Crippen molar-refractivity contribution in [2.24, 2.45) is 0 Å². The van der Waals surface area contributed by atoms with Crippen molar-refractivity contribution < 1.29 is 33.3 Å². The number of rotatable bonds is 13. The van der Waals surface area contributed by atoms with Crippen LogP contribution in [0.3, 0.4) is 0 Å². The Bertz CT molecular complexity index is 751. The molecule has 0 aromatic heterocycles. The Morgan fingerprint density at radius 3 is 2.12 bits per heavy atom. The first-order valence-corrected chi connectivity index (χ1v) is 10.8. The number of esters is 2. The first kappa shape index (κ1) is 27.0. The monoisotopic (exact) mass is 449 g/mol. The highest BCUT2D eigenvalue weighted by Crippen LogP contribution is 2.14. The molecule has 0 aliphatic carbocycles. The van der Waals surface area contributed by atoms with Gasteiger partial charge in [-0.05, 0) is 77.6 Å². The molecule has 0 bridgehead atoms.